The van der Waals surface area contributed by atoms with Gasteiger partial charge in [0.1, 0.15) is 5.75 Å². The maximum Gasteiger partial charge on any atom is 0.285 e. The number of rotatable bonds is 5. The summed E-state index contributed by atoms with van der Waals surface area (Å²) in [5, 5.41) is 10.8. The summed E-state index contributed by atoms with van der Waals surface area (Å²) in [7, 11) is 1.47. The predicted molar refractivity (Wildman–Crippen MR) is 79.5 cm³/mol. The van der Waals surface area contributed by atoms with Gasteiger partial charge in [0, 0.05) is 23.3 Å². The summed E-state index contributed by atoms with van der Waals surface area (Å²) < 4.78 is 6.42. The zero-order chi connectivity index (χ0) is 16.3. The quantitative estimate of drug-likeness (QED) is 0.478. The van der Waals surface area contributed by atoms with Crippen LogP contribution in [0.1, 0.15) is 22.8 Å². The van der Waals surface area contributed by atoms with Crippen molar-refractivity contribution >= 4 is 11.5 Å². The highest BCUT2D eigenvalue weighted by molar-refractivity contribution is 5.94. The fraction of sp³-hybridized carbons (Fsp3) is 0.200. The summed E-state index contributed by atoms with van der Waals surface area (Å²) in [4.78, 5) is 33.5. The Morgan fingerprint density at radius 2 is 2.05 bits per heavy atom. The molecule has 0 unspecified atom stereocenters. The molecule has 0 aliphatic heterocycles. The molecule has 114 valence electrons. The van der Waals surface area contributed by atoms with Gasteiger partial charge in [0.05, 0.1) is 24.8 Å². The zero-order valence-electron chi connectivity index (χ0n) is 12.1. The number of ether oxygens (including phenoxy) is 1. The smallest absolute Gasteiger partial charge is 0.285 e. The van der Waals surface area contributed by atoms with E-state index in [9.17, 15) is 19.7 Å². The lowest BCUT2D eigenvalue weighted by Crippen LogP contribution is -2.20. The summed E-state index contributed by atoms with van der Waals surface area (Å²) >= 11 is 0. The van der Waals surface area contributed by atoms with Gasteiger partial charge in [0.25, 0.3) is 11.2 Å². The van der Waals surface area contributed by atoms with Crippen LogP contribution >= 0.6 is 0 Å². The SMILES string of the molecule is COc1ccc(C(C)=O)cc1Cn1cc([N+](=O)[O-])ccc1=O. The summed E-state index contributed by atoms with van der Waals surface area (Å²) in [6.45, 7) is 1.51. The third kappa shape index (κ3) is 3.20. The first-order valence-corrected chi connectivity index (χ1v) is 6.45. The zero-order valence-corrected chi connectivity index (χ0v) is 12.1. The van der Waals surface area contributed by atoms with Crippen LogP contribution in [0.2, 0.25) is 0 Å². The number of carbonyl (C=O) groups is 1. The van der Waals surface area contributed by atoms with Crippen molar-refractivity contribution in [3.63, 3.8) is 0 Å². The molecule has 1 aromatic heterocycles. The molecule has 7 nitrogen and oxygen atoms in total. The molecule has 0 N–H and O–H groups in total. The van der Waals surface area contributed by atoms with Crippen LogP contribution in [0.25, 0.3) is 0 Å². The topological polar surface area (TPSA) is 91.4 Å². The molecule has 0 aliphatic rings. The molecule has 1 aromatic carbocycles. The Morgan fingerprint density at radius 1 is 1.32 bits per heavy atom. The number of nitrogens with zero attached hydrogens (tertiary/aromatic N) is 2. The molecule has 22 heavy (non-hydrogen) atoms. The van der Waals surface area contributed by atoms with Crippen LogP contribution in [-0.4, -0.2) is 22.4 Å². The highest BCUT2D eigenvalue weighted by atomic mass is 16.6. The van der Waals surface area contributed by atoms with Gasteiger partial charge >= 0.3 is 0 Å². The van der Waals surface area contributed by atoms with E-state index >= 15 is 0 Å². The first-order valence-electron chi connectivity index (χ1n) is 6.45. The Balaban J connectivity index is 2.48. The Labute approximate surface area is 125 Å². The molecular weight excluding hydrogens is 288 g/mol. The van der Waals surface area contributed by atoms with Crippen molar-refractivity contribution in [1.82, 2.24) is 4.57 Å². The van der Waals surface area contributed by atoms with E-state index in [0.717, 1.165) is 12.1 Å². The standard InChI is InChI=1S/C15H14N2O5/c1-10(18)11-3-5-14(22-2)12(7-11)8-16-9-13(17(20)21)4-6-15(16)19/h3-7,9H,8H2,1-2H3. The summed E-state index contributed by atoms with van der Waals surface area (Å²) in [5.74, 6) is 0.388. The van der Waals surface area contributed by atoms with Gasteiger partial charge in [0.2, 0.25) is 0 Å². The summed E-state index contributed by atoms with van der Waals surface area (Å²) in [5.41, 5.74) is 0.522. The van der Waals surface area contributed by atoms with Gasteiger partial charge < -0.3 is 9.30 Å². The number of aromatic nitrogens is 1. The van der Waals surface area contributed by atoms with Crippen molar-refractivity contribution in [3.05, 3.63) is 68.1 Å². The molecule has 0 atom stereocenters. The molecular formula is C15H14N2O5. The van der Waals surface area contributed by atoms with Gasteiger partial charge in [-0.15, -0.1) is 0 Å². The van der Waals surface area contributed by atoms with Crippen molar-refractivity contribution in [2.75, 3.05) is 7.11 Å². The lowest BCUT2D eigenvalue weighted by molar-refractivity contribution is -0.385. The fourth-order valence-corrected chi connectivity index (χ4v) is 2.05. The number of ketones is 1. The van der Waals surface area contributed by atoms with Crippen LogP contribution in [0.15, 0.2) is 41.3 Å². The van der Waals surface area contributed by atoms with Crippen molar-refractivity contribution in [2.24, 2.45) is 0 Å². The molecule has 1 heterocycles. The lowest BCUT2D eigenvalue weighted by Gasteiger charge is -2.11. The second kappa shape index (κ2) is 6.21. The van der Waals surface area contributed by atoms with Crippen molar-refractivity contribution < 1.29 is 14.5 Å². The molecule has 0 bridgehead atoms. The van der Waals surface area contributed by atoms with Crippen LogP contribution in [-0.2, 0) is 6.54 Å². The van der Waals surface area contributed by atoms with Crippen molar-refractivity contribution in [2.45, 2.75) is 13.5 Å². The average Bonchev–Trinajstić information content (AvgIpc) is 2.49. The van der Waals surface area contributed by atoms with Gasteiger partial charge in [-0.1, -0.05) is 0 Å². The second-order valence-electron chi connectivity index (χ2n) is 4.69. The minimum absolute atomic E-state index is 0.0742. The van der Waals surface area contributed by atoms with E-state index in [-0.39, 0.29) is 23.6 Å². The minimum Gasteiger partial charge on any atom is -0.496 e. The molecule has 0 radical (unpaired) electrons. The molecule has 7 heteroatoms. The number of carbonyl (C=O) groups excluding carboxylic acids is 1. The number of hydrogen-bond acceptors (Lipinski definition) is 5. The number of methoxy groups -OCH3 is 1. The van der Waals surface area contributed by atoms with Crippen LogP contribution in [0.3, 0.4) is 0 Å². The number of pyridine rings is 1. The largest absolute Gasteiger partial charge is 0.496 e. The first kappa shape index (κ1) is 15.4. The monoisotopic (exact) mass is 302 g/mol. The van der Waals surface area contributed by atoms with E-state index < -0.39 is 4.92 Å². The van der Waals surface area contributed by atoms with E-state index in [1.807, 2.05) is 0 Å². The third-order valence-corrected chi connectivity index (χ3v) is 3.21. The number of benzene rings is 1. The maximum atomic E-state index is 11.8. The molecule has 0 spiro atoms. The predicted octanol–water partition coefficient (Wildman–Crippen LogP) is 2.02. The number of hydrogen-bond donors (Lipinski definition) is 0. The Bertz CT molecular complexity index is 795. The first-order chi connectivity index (χ1) is 10.4. The average molecular weight is 302 g/mol. The fourth-order valence-electron chi connectivity index (χ4n) is 2.05. The number of nitro groups is 1. The minimum atomic E-state index is -0.570. The molecule has 0 saturated heterocycles. The van der Waals surface area contributed by atoms with Gasteiger partial charge in [-0.2, -0.15) is 0 Å². The Morgan fingerprint density at radius 3 is 2.64 bits per heavy atom. The molecule has 2 aromatic rings. The molecule has 0 saturated carbocycles. The molecule has 0 amide bonds. The van der Waals surface area contributed by atoms with E-state index in [4.69, 9.17) is 4.74 Å². The van der Waals surface area contributed by atoms with Crippen LogP contribution in [0.4, 0.5) is 5.69 Å². The summed E-state index contributed by atoms with van der Waals surface area (Å²) in [6.07, 6.45) is 1.17. The highest BCUT2D eigenvalue weighted by Crippen LogP contribution is 2.21. The van der Waals surface area contributed by atoms with Crippen LogP contribution in [0.5, 0.6) is 5.75 Å². The Kier molecular flexibility index (Phi) is 4.36. The summed E-state index contributed by atoms with van der Waals surface area (Å²) in [6, 6.07) is 7.17. The molecule has 0 aliphatic carbocycles. The Hall–Kier alpha value is -2.96. The maximum absolute atomic E-state index is 11.8. The lowest BCUT2D eigenvalue weighted by atomic mass is 10.1. The van der Waals surface area contributed by atoms with Crippen LogP contribution < -0.4 is 10.3 Å². The van der Waals surface area contributed by atoms with E-state index in [0.29, 0.717) is 16.9 Å². The van der Waals surface area contributed by atoms with E-state index in [1.165, 1.54) is 24.8 Å². The third-order valence-electron chi connectivity index (χ3n) is 3.21. The number of Topliss-reactive ketones (excluding diaryl/α,β-unsaturated/α-hetero) is 1. The van der Waals surface area contributed by atoms with Gasteiger partial charge in [-0.3, -0.25) is 19.7 Å². The normalized spacial score (nSPS) is 10.3. The van der Waals surface area contributed by atoms with Crippen LogP contribution in [0, 0.1) is 10.1 Å². The van der Waals surface area contributed by atoms with Gasteiger partial charge in [-0.05, 0) is 25.1 Å². The second-order valence-corrected chi connectivity index (χ2v) is 4.69. The van der Waals surface area contributed by atoms with Crippen molar-refractivity contribution in [1.29, 1.82) is 0 Å². The van der Waals surface area contributed by atoms with E-state index in [1.54, 1.807) is 18.2 Å². The highest BCUT2D eigenvalue weighted by Gasteiger charge is 2.12. The van der Waals surface area contributed by atoms with Gasteiger partial charge in [0.15, 0.2) is 5.78 Å². The van der Waals surface area contributed by atoms with Crippen molar-refractivity contribution in [3.8, 4) is 5.75 Å². The van der Waals surface area contributed by atoms with E-state index in [2.05, 4.69) is 0 Å². The molecule has 0 fully saturated rings. The molecule has 2 rings (SSSR count). The van der Waals surface area contributed by atoms with Gasteiger partial charge in [-0.25, -0.2) is 0 Å².